The molecular weight excluding hydrogens is 465 g/mol. The van der Waals surface area contributed by atoms with Crippen LogP contribution >= 0.6 is 35.3 Å². The van der Waals surface area contributed by atoms with Crippen molar-refractivity contribution in [1.29, 1.82) is 0 Å². The maximum absolute atomic E-state index is 11.4. The Balaban J connectivity index is 1.28. The summed E-state index contributed by atoms with van der Waals surface area (Å²) in [4.78, 5) is 17.5. The van der Waals surface area contributed by atoms with Crippen molar-refractivity contribution in [2.24, 2.45) is 0 Å². The number of Topliss-reactive ketones (excluding diaryl/α,β-unsaturated/α-hetero) is 1. The zero-order valence-electron chi connectivity index (χ0n) is 18.6. The van der Waals surface area contributed by atoms with Crippen molar-refractivity contribution >= 4 is 41.1 Å². The summed E-state index contributed by atoms with van der Waals surface area (Å²) >= 11 is 5.35. The van der Waals surface area contributed by atoms with Crippen molar-refractivity contribution in [2.75, 3.05) is 0 Å². The molecule has 0 amide bonds. The maximum Gasteiger partial charge on any atom is 0.159 e. The van der Waals surface area contributed by atoms with E-state index >= 15 is 0 Å². The Labute approximate surface area is 208 Å². The number of carbonyl (C=O) groups excluding carboxylic acids is 1. The van der Waals surface area contributed by atoms with Gasteiger partial charge in [-0.1, -0.05) is 66.0 Å². The van der Waals surface area contributed by atoms with Crippen LogP contribution in [0.3, 0.4) is 0 Å². The number of ketones is 1. The van der Waals surface area contributed by atoms with Crippen LogP contribution in [0.25, 0.3) is 0 Å². The first-order valence-electron chi connectivity index (χ1n) is 10.9. The minimum atomic E-state index is -0.432. The molecule has 2 atom stereocenters. The van der Waals surface area contributed by atoms with Crippen LogP contribution in [0, 0.1) is 0 Å². The molecule has 5 heteroatoms. The van der Waals surface area contributed by atoms with E-state index in [4.69, 9.17) is 0 Å². The van der Waals surface area contributed by atoms with E-state index in [1.807, 2.05) is 48.2 Å². The molecule has 0 heterocycles. The third-order valence-electron chi connectivity index (χ3n) is 5.23. The van der Waals surface area contributed by atoms with Gasteiger partial charge in [-0.25, -0.2) is 0 Å². The molecule has 1 aliphatic rings. The molecule has 2 nitrogen and oxygen atoms in total. The van der Waals surface area contributed by atoms with E-state index in [1.54, 1.807) is 37.4 Å². The van der Waals surface area contributed by atoms with Crippen LogP contribution in [0.1, 0.15) is 42.3 Å². The summed E-state index contributed by atoms with van der Waals surface area (Å²) in [6, 6.07) is 24.6. The Kier molecular flexibility index (Phi) is 8.20. The van der Waals surface area contributed by atoms with E-state index < -0.39 is 6.10 Å². The fraction of sp³-hybridized carbons (Fsp3) is 0.179. The number of carbonyl (C=O) groups is 1. The van der Waals surface area contributed by atoms with Gasteiger partial charge in [-0.3, -0.25) is 4.79 Å². The van der Waals surface area contributed by atoms with E-state index in [0.717, 1.165) is 22.4 Å². The van der Waals surface area contributed by atoms with Crippen LogP contribution in [0.2, 0.25) is 0 Å². The van der Waals surface area contributed by atoms with Gasteiger partial charge in [0.2, 0.25) is 0 Å². The number of thioether (sulfide) groups is 2. The summed E-state index contributed by atoms with van der Waals surface area (Å²) in [5.74, 6) is 0.0983. The first-order chi connectivity index (χ1) is 16.0. The lowest BCUT2D eigenvalue weighted by atomic mass is 10.1. The van der Waals surface area contributed by atoms with E-state index in [0.29, 0.717) is 5.25 Å². The molecule has 3 aromatic carbocycles. The van der Waals surface area contributed by atoms with Crippen molar-refractivity contribution in [3.8, 4) is 0 Å². The topological polar surface area (TPSA) is 37.3 Å². The Morgan fingerprint density at radius 2 is 1.39 bits per heavy atom. The summed E-state index contributed by atoms with van der Waals surface area (Å²) in [6.45, 7) is 3.38. The van der Waals surface area contributed by atoms with E-state index in [1.165, 1.54) is 19.6 Å². The minimum absolute atomic E-state index is 0.0983. The van der Waals surface area contributed by atoms with Gasteiger partial charge in [0.05, 0.1) is 6.10 Å². The summed E-state index contributed by atoms with van der Waals surface area (Å²) in [7, 11) is 0. The zero-order valence-corrected chi connectivity index (χ0v) is 21.1. The lowest BCUT2D eigenvalue weighted by Crippen LogP contribution is -2.00. The van der Waals surface area contributed by atoms with E-state index in [-0.39, 0.29) is 5.78 Å². The Morgan fingerprint density at radius 3 is 1.94 bits per heavy atom. The van der Waals surface area contributed by atoms with Crippen molar-refractivity contribution in [3.05, 3.63) is 107 Å². The van der Waals surface area contributed by atoms with Crippen LogP contribution in [-0.2, 0) is 0 Å². The molecule has 33 heavy (non-hydrogen) atoms. The van der Waals surface area contributed by atoms with Gasteiger partial charge in [-0.05, 0) is 74.4 Å². The molecule has 2 unspecified atom stereocenters. The van der Waals surface area contributed by atoms with Crippen LogP contribution in [0.5, 0.6) is 0 Å². The van der Waals surface area contributed by atoms with Crippen LogP contribution in [0.4, 0.5) is 0 Å². The third kappa shape index (κ3) is 6.90. The van der Waals surface area contributed by atoms with Crippen molar-refractivity contribution in [2.45, 2.75) is 51.2 Å². The lowest BCUT2D eigenvalue weighted by Gasteiger charge is -2.16. The largest absolute Gasteiger partial charge is 0.389 e. The van der Waals surface area contributed by atoms with Crippen LogP contribution in [0.15, 0.2) is 116 Å². The summed E-state index contributed by atoms with van der Waals surface area (Å²) in [5.41, 5.74) is 1.69. The van der Waals surface area contributed by atoms with Gasteiger partial charge in [0.25, 0.3) is 0 Å². The standard InChI is InChI=1S/C28H26O2S3/c1-19(29)21-3-7-23(8-4-21)31-25-11-15-27(16-12-25)33-28-17-13-26(14-18-28)32-24-9-5-22(6-10-24)20(2)30/h3-17,19,28-29H,18H2,1-2H3. The number of benzene rings is 3. The van der Waals surface area contributed by atoms with Gasteiger partial charge in [-0.15, -0.1) is 11.8 Å². The average Bonchev–Trinajstić information content (AvgIpc) is 2.82. The molecule has 3 aromatic rings. The summed E-state index contributed by atoms with van der Waals surface area (Å²) in [6.07, 6.45) is 7.34. The number of aliphatic hydroxyl groups is 1. The molecule has 0 bridgehead atoms. The number of hydrogen-bond acceptors (Lipinski definition) is 5. The van der Waals surface area contributed by atoms with Crippen LogP contribution < -0.4 is 0 Å². The molecule has 4 rings (SSSR count). The third-order valence-corrected chi connectivity index (χ3v) is 8.49. The second kappa shape index (κ2) is 11.3. The van der Waals surface area contributed by atoms with E-state index in [9.17, 15) is 9.90 Å². The van der Waals surface area contributed by atoms with Crippen molar-refractivity contribution < 1.29 is 9.90 Å². The highest BCUT2D eigenvalue weighted by Crippen LogP contribution is 2.36. The minimum Gasteiger partial charge on any atom is -0.389 e. The molecule has 0 aliphatic heterocycles. The number of hydrogen-bond donors (Lipinski definition) is 1. The highest BCUT2D eigenvalue weighted by Gasteiger charge is 2.12. The smallest absolute Gasteiger partial charge is 0.159 e. The normalized spacial score (nSPS) is 16.3. The highest BCUT2D eigenvalue weighted by atomic mass is 32.2. The predicted molar refractivity (Wildman–Crippen MR) is 141 cm³/mol. The molecule has 168 valence electrons. The lowest BCUT2D eigenvalue weighted by molar-refractivity contribution is 0.101. The Morgan fingerprint density at radius 1 is 0.848 bits per heavy atom. The molecule has 0 aromatic heterocycles. The molecule has 1 N–H and O–H groups in total. The Hall–Kier alpha value is -2.18. The maximum atomic E-state index is 11.4. The second-order valence-corrected chi connectivity index (χ2v) is 11.5. The second-order valence-electron chi connectivity index (χ2n) is 7.86. The number of allylic oxidation sites excluding steroid dienone is 2. The monoisotopic (exact) mass is 490 g/mol. The fourth-order valence-electron chi connectivity index (χ4n) is 3.35. The molecular formula is C28H26O2S3. The van der Waals surface area contributed by atoms with E-state index in [2.05, 4.69) is 54.6 Å². The Bertz CT molecular complexity index is 1150. The van der Waals surface area contributed by atoms with Gasteiger partial charge in [0.1, 0.15) is 0 Å². The average molecular weight is 491 g/mol. The number of aliphatic hydroxyl groups excluding tert-OH is 1. The SMILES string of the molecule is CC(=O)c1ccc(SC2=CCC(Sc3ccc(Sc4ccc(C(C)O)cc4)cc3)C=C2)cc1. The fourth-order valence-corrected chi connectivity index (χ4v) is 6.03. The molecule has 0 spiro atoms. The quantitative estimate of drug-likeness (QED) is 0.322. The van der Waals surface area contributed by atoms with Gasteiger partial charge in [-0.2, -0.15) is 0 Å². The summed E-state index contributed by atoms with van der Waals surface area (Å²) < 4.78 is 0. The van der Waals surface area contributed by atoms with Crippen molar-refractivity contribution in [1.82, 2.24) is 0 Å². The van der Waals surface area contributed by atoms with Crippen molar-refractivity contribution in [3.63, 3.8) is 0 Å². The van der Waals surface area contributed by atoms with Gasteiger partial charge < -0.3 is 5.11 Å². The number of rotatable bonds is 8. The van der Waals surface area contributed by atoms with Gasteiger partial charge in [0.15, 0.2) is 5.78 Å². The van der Waals surface area contributed by atoms with Gasteiger partial charge >= 0.3 is 0 Å². The zero-order chi connectivity index (χ0) is 23.2. The predicted octanol–water partition coefficient (Wildman–Crippen LogP) is 8.19. The molecule has 0 fully saturated rings. The molecule has 0 saturated heterocycles. The first-order valence-corrected chi connectivity index (χ1v) is 13.4. The molecule has 0 radical (unpaired) electrons. The molecule has 0 saturated carbocycles. The highest BCUT2D eigenvalue weighted by molar-refractivity contribution is 8.03. The first kappa shape index (κ1) is 24.0. The van der Waals surface area contributed by atoms with Gasteiger partial charge in [0, 0.05) is 35.3 Å². The molecule has 1 aliphatic carbocycles. The summed E-state index contributed by atoms with van der Waals surface area (Å²) in [5, 5.41) is 10.1. The van der Waals surface area contributed by atoms with Crippen LogP contribution in [-0.4, -0.2) is 16.1 Å².